The van der Waals surface area contributed by atoms with Gasteiger partial charge >= 0.3 is 0 Å². The minimum absolute atomic E-state index is 0.168. The lowest BCUT2D eigenvalue weighted by atomic mass is 10.1. The van der Waals surface area contributed by atoms with E-state index in [4.69, 9.17) is 9.47 Å². The van der Waals surface area contributed by atoms with Crippen LogP contribution in [0.2, 0.25) is 0 Å². The van der Waals surface area contributed by atoms with Gasteiger partial charge in [0.25, 0.3) is 0 Å². The topological polar surface area (TPSA) is 18.5 Å². The molecule has 0 radical (unpaired) electrons. The molecule has 0 aliphatic carbocycles. The fraction of sp³-hybridized carbons (Fsp3) is 0.455. The van der Waals surface area contributed by atoms with Gasteiger partial charge in [0.15, 0.2) is 0 Å². The molecule has 0 N–H and O–H groups in total. The molecule has 1 saturated heterocycles. The SMILES string of the molecule is C1=CC=C(C2CCCCO2)OC=C1. The molecule has 0 aromatic rings. The molecular weight excluding hydrogens is 164 g/mol. The Morgan fingerprint density at radius 3 is 3.00 bits per heavy atom. The van der Waals surface area contributed by atoms with Crippen LogP contribution in [0.4, 0.5) is 0 Å². The lowest BCUT2D eigenvalue weighted by Gasteiger charge is -2.23. The quantitative estimate of drug-likeness (QED) is 0.614. The Balaban J connectivity index is 2.01. The molecule has 0 aromatic heterocycles. The zero-order valence-corrected chi connectivity index (χ0v) is 7.61. The highest BCUT2D eigenvalue weighted by Gasteiger charge is 2.19. The summed E-state index contributed by atoms with van der Waals surface area (Å²) in [5, 5.41) is 0. The van der Waals surface area contributed by atoms with Crippen LogP contribution in [-0.4, -0.2) is 12.7 Å². The van der Waals surface area contributed by atoms with Gasteiger partial charge < -0.3 is 9.47 Å². The largest absolute Gasteiger partial charge is 0.467 e. The zero-order valence-electron chi connectivity index (χ0n) is 7.61. The van der Waals surface area contributed by atoms with E-state index in [1.807, 2.05) is 24.3 Å². The smallest absolute Gasteiger partial charge is 0.132 e. The van der Waals surface area contributed by atoms with Gasteiger partial charge in [-0.1, -0.05) is 12.2 Å². The van der Waals surface area contributed by atoms with Crippen molar-refractivity contribution in [2.45, 2.75) is 25.4 Å². The fourth-order valence-corrected chi connectivity index (χ4v) is 1.57. The summed E-state index contributed by atoms with van der Waals surface area (Å²) in [6.45, 7) is 0.860. The van der Waals surface area contributed by atoms with Crippen molar-refractivity contribution in [1.29, 1.82) is 0 Å². The van der Waals surface area contributed by atoms with Crippen LogP contribution >= 0.6 is 0 Å². The molecule has 2 heterocycles. The molecule has 1 unspecified atom stereocenters. The molecule has 2 rings (SSSR count). The highest BCUT2D eigenvalue weighted by Crippen LogP contribution is 2.21. The average Bonchev–Trinajstić information content (AvgIpc) is 2.47. The molecule has 2 heteroatoms. The fourth-order valence-electron chi connectivity index (χ4n) is 1.57. The minimum atomic E-state index is 0.168. The second-order valence-corrected chi connectivity index (χ2v) is 3.26. The van der Waals surface area contributed by atoms with Crippen molar-refractivity contribution in [3.63, 3.8) is 0 Å². The Hall–Kier alpha value is -1.02. The number of hydrogen-bond acceptors (Lipinski definition) is 2. The highest BCUT2D eigenvalue weighted by atomic mass is 16.5. The van der Waals surface area contributed by atoms with E-state index in [1.54, 1.807) is 6.26 Å². The van der Waals surface area contributed by atoms with Gasteiger partial charge in [0.1, 0.15) is 11.9 Å². The Labute approximate surface area is 78.5 Å². The van der Waals surface area contributed by atoms with Crippen molar-refractivity contribution in [3.8, 4) is 0 Å². The van der Waals surface area contributed by atoms with Crippen LogP contribution in [0.5, 0.6) is 0 Å². The maximum atomic E-state index is 5.61. The van der Waals surface area contributed by atoms with E-state index in [0.717, 1.165) is 18.8 Å². The van der Waals surface area contributed by atoms with Gasteiger partial charge in [-0.15, -0.1) is 0 Å². The second-order valence-electron chi connectivity index (χ2n) is 3.26. The van der Waals surface area contributed by atoms with E-state index in [2.05, 4.69) is 0 Å². The Morgan fingerprint density at radius 1 is 1.15 bits per heavy atom. The monoisotopic (exact) mass is 178 g/mol. The molecule has 0 amide bonds. The van der Waals surface area contributed by atoms with Crippen LogP contribution < -0.4 is 0 Å². The summed E-state index contributed by atoms with van der Waals surface area (Å²) < 4.78 is 11.0. The molecule has 13 heavy (non-hydrogen) atoms. The van der Waals surface area contributed by atoms with Gasteiger partial charge in [0.2, 0.25) is 0 Å². The van der Waals surface area contributed by atoms with Gasteiger partial charge in [0.05, 0.1) is 6.26 Å². The van der Waals surface area contributed by atoms with Gasteiger partial charge in [-0.3, -0.25) is 0 Å². The Morgan fingerprint density at radius 2 is 2.15 bits per heavy atom. The Bertz CT molecular complexity index is 245. The van der Waals surface area contributed by atoms with E-state index in [9.17, 15) is 0 Å². The number of allylic oxidation sites excluding steroid dienone is 4. The van der Waals surface area contributed by atoms with Gasteiger partial charge in [-0.2, -0.15) is 0 Å². The lowest BCUT2D eigenvalue weighted by Crippen LogP contribution is -2.21. The standard InChI is InChI=1S/C11H14O2/c1-2-6-10(12-8-4-1)11-7-3-5-9-13-11/h1-2,4,6,8,11H,3,5,7,9H2. The molecule has 0 spiro atoms. The van der Waals surface area contributed by atoms with Gasteiger partial charge in [-0.25, -0.2) is 0 Å². The summed E-state index contributed by atoms with van der Waals surface area (Å²) in [7, 11) is 0. The third-order valence-corrected chi connectivity index (χ3v) is 2.26. The first kappa shape index (κ1) is 8.57. The number of hydrogen-bond donors (Lipinski definition) is 0. The molecule has 0 aromatic carbocycles. The molecule has 0 saturated carbocycles. The van der Waals surface area contributed by atoms with Crippen LogP contribution in [0.25, 0.3) is 0 Å². The van der Waals surface area contributed by atoms with Crippen LogP contribution in [0, 0.1) is 0 Å². The number of rotatable bonds is 1. The number of ether oxygens (including phenoxy) is 2. The van der Waals surface area contributed by atoms with Crippen LogP contribution in [0.1, 0.15) is 19.3 Å². The summed E-state index contributed by atoms with van der Waals surface area (Å²) >= 11 is 0. The van der Waals surface area contributed by atoms with Crippen molar-refractivity contribution in [3.05, 3.63) is 36.3 Å². The third kappa shape index (κ3) is 2.22. The van der Waals surface area contributed by atoms with Crippen LogP contribution in [-0.2, 0) is 9.47 Å². The van der Waals surface area contributed by atoms with E-state index >= 15 is 0 Å². The molecular formula is C11H14O2. The maximum absolute atomic E-state index is 5.61. The van der Waals surface area contributed by atoms with E-state index in [0.29, 0.717) is 0 Å². The molecule has 1 fully saturated rings. The summed E-state index contributed by atoms with van der Waals surface area (Å²) in [5.74, 6) is 0.935. The molecule has 70 valence electrons. The van der Waals surface area contributed by atoms with E-state index in [-0.39, 0.29) is 6.10 Å². The van der Waals surface area contributed by atoms with Crippen LogP contribution in [0.3, 0.4) is 0 Å². The average molecular weight is 178 g/mol. The maximum Gasteiger partial charge on any atom is 0.132 e. The first-order valence-corrected chi connectivity index (χ1v) is 4.78. The molecule has 1 atom stereocenters. The normalized spacial score (nSPS) is 27.7. The molecule has 2 aliphatic heterocycles. The van der Waals surface area contributed by atoms with E-state index in [1.165, 1.54) is 12.8 Å². The lowest BCUT2D eigenvalue weighted by molar-refractivity contribution is 0.0127. The zero-order chi connectivity index (χ0) is 8.93. The molecule has 0 bridgehead atoms. The minimum Gasteiger partial charge on any atom is -0.467 e. The summed E-state index contributed by atoms with van der Waals surface area (Å²) in [5.41, 5.74) is 0. The van der Waals surface area contributed by atoms with Crippen molar-refractivity contribution >= 4 is 0 Å². The molecule has 2 aliphatic rings. The summed E-state index contributed by atoms with van der Waals surface area (Å²) in [4.78, 5) is 0. The van der Waals surface area contributed by atoms with E-state index < -0.39 is 0 Å². The highest BCUT2D eigenvalue weighted by molar-refractivity contribution is 5.19. The van der Waals surface area contributed by atoms with Crippen molar-refractivity contribution < 1.29 is 9.47 Å². The Kier molecular flexibility index (Phi) is 2.82. The van der Waals surface area contributed by atoms with Crippen LogP contribution in [0.15, 0.2) is 36.3 Å². The summed E-state index contributed by atoms with van der Waals surface area (Å²) in [6, 6.07) is 0. The van der Waals surface area contributed by atoms with Crippen molar-refractivity contribution in [1.82, 2.24) is 0 Å². The first-order chi connectivity index (χ1) is 6.47. The third-order valence-electron chi connectivity index (χ3n) is 2.26. The predicted octanol–water partition coefficient (Wildman–Crippen LogP) is 2.54. The van der Waals surface area contributed by atoms with Gasteiger partial charge in [-0.05, 0) is 31.4 Å². The first-order valence-electron chi connectivity index (χ1n) is 4.78. The predicted molar refractivity (Wildman–Crippen MR) is 51.0 cm³/mol. The van der Waals surface area contributed by atoms with Gasteiger partial charge in [0, 0.05) is 6.61 Å². The second kappa shape index (κ2) is 4.28. The van der Waals surface area contributed by atoms with Crippen molar-refractivity contribution in [2.75, 3.05) is 6.61 Å². The van der Waals surface area contributed by atoms with Crippen molar-refractivity contribution in [2.24, 2.45) is 0 Å². The molecule has 2 nitrogen and oxygen atoms in total. The summed E-state index contributed by atoms with van der Waals surface area (Å²) in [6.07, 6.45) is 13.2.